The molecule has 1 amide bonds. The molecule has 2 aliphatic heterocycles. The monoisotopic (exact) mass is 380 g/mol. The fourth-order valence-electron chi connectivity index (χ4n) is 4.94. The highest BCUT2D eigenvalue weighted by atomic mass is 16.4. The number of likely N-dealkylation sites (tertiary alicyclic amines) is 2. The first-order valence-corrected chi connectivity index (χ1v) is 10.5. The summed E-state index contributed by atoms with van der Waals surface area (Å²) in [6.45, 7) is 3.65. The van der Waals surface area contributed by atoms with Crippen LogP contribution in [0, 0.1) is 5.41 Å². The number of amides is 1. The average molecular weight is 380 g/mol. The number of aromatic nitrogens is 2. The summed E-state index contributed by atoms with van der Waals surface area (Å²) in [6, 6.07) is 10.3. The van der Waals surface area contributed by atoms with Gasteiger partial charge in [0.2, 0.25) is 17.7 Å². The number of likely N-dealkylation sites (N-methyl/N-ethyl adjacent to an activating group) is 1. The Hall–Kier alpha value is -2.21. The highest BCUT2D eigenvalue weighted by Gasteiger charge is 2.45. The normalized spacial score (nSPS) is 25.4. The second kappa shape index (κ2) is 6.99. The van der Waals surface area contributed by atoms with E-state index in [9.17, 15) is 4.79 Å². The van der Waals surface area contributed by atoms with Crippen LogP contribution in [0.3, 0.4) is 0 Å². The van der Waals surface area contributed by atoms with E-state index in [1.54, 1.807) is 0 Å². The quantitative estimate of drug-likeness (QED) is 0.815. The maximum absolute atomic E-state index is 12.8. The fourth-order valence-corrected chi connectivity index (χ4v) is 4.94. The van der Waals surface area contributed by atoms with Gasteiger partial charge in [0.25, 0.3) is 0 Å². The number of benzene rings is 1. The Kier molecular flexibility index (Phi) is 4.46. The number of piperidine rings is 2. The topological polar surface area (TPSA) is 62.5 Å². The molecule has 6 nitrogen and oxygen atoms in total. The van der Waals surface area contributed by atoms with Gasteiger partial charge in [0.05, 0.1) is 12.5 Å². The van der Waals surface area contributed by atoms with Crippen molar-refractivity contribution < 1.29 is 9.21 Å². The number of carbonyl (C=O) groups is 1. The predicted octanol–water partition coefficient (Wildman–Crippen LogP) is 3.18. The Morgan fingerprint density at radius 1 is 1.14 bits per heavy atom. The molecule has 3 fully saturated rings. The molecule has 1 saturated carbocycles. The van der Waals surface area contributed by atoms with Gasteiger partial charge in [-0.3, -0.25) is 9.69 Å². The molecule has 0 unspecified atom stereocenters. The smallest absolute Gasteiger partial charge is 0.230 e. The Balaban J connectivity index is 1.24. The lowest BCUT2D eigenvalue weighted by molar-refractivity contribution is -0.139. The first-order chi connectivity index (χ1) is 13.6. The second-order valence-corrected chi connectivity index (χ2v) is 8.95. The van der Waals surface area contributed by atoms with Crippen LogP contribution in [-0.4, -0.2) is 52.6 Å². The van der Waals surface area contributed by atoms with E-state index in [1.165, 1.54) is 12.8 Å². The Morgan fingerprint density at radius 3 is 2.61 bits per heavy atom. The predicted molar refractivity (Wildman–Crippen MR) is 105 cm³/mol. The summed E-state index contributed by atoms with van der Waals surface area (Å²) >= 11 is 0. The third-order valence-electron chi connectivity index (χ3n) is 6.77. The molecule has 3 aliphatic rings. The molecule has 28 heavy (non-hydrogen) atoms. The van der Waals surface area contributed by atoms with Crippen LogP contribution in [0.15, 0.2) is 34.7 Å². The molecule has 1 spiro atoms. The molecular formula is C22H28N4O2. The molecule has 1 aromatic carbocycles. The summed E-state index contributed by atoms with van der Waals surface area (Å²) < 4.78 is 5.84. The van der Waals surface area contributed by atoms with Gasteiger partial charge in [-0.05, 0) is 56.2 Å². The van der Waals surface area contributed by atoms with Gasteiger partial charge in [0, 0.05) is 19.5 Å². The number of hydrogen-bond acceptors (Lipinski definition) is 5. The van der Waals surface area contributed by atoms with E-state index in [0.717, 1.165) is 62.8 Å². The molecule has 2 aromatic rings. The Bertz CT molecular complexity index is 837. The average Bonchev–Trinajstić information content (AvgIpc) is 3.47. The number of hydrogen-bond donors (Lipinski definition) is 0. The van der Waals surface area contributed by atoms with Crippen molar-refractivity contribution in [2.24, 2.45) is 5.41 Å². The molecular weight excluding hydrogens is 352 g/mol. The van der Waals surface area contributed by atoms with Crippen molar-refractivity contribution in [3.05, 3.63) is 47.7 Å². The lowest BCUT2D eigenvalue weighted by atomic mass is 9.68. The van der Waals surface area contributed by atoms with E-state index >= 15 is 0 Å². The van der Waals surface area contributed by atoms with Crippen LogP contribution in [0.1, 0.15) is 61.3 Å². The van der Waals surface area contributed by atoms with Gasteiger partial charge >= 0.3 is 0 Å². The van der Waals surface area contributed by atoms with Crippen molar-refractivity contribution in [3.8, 4) is 0 Å². The number of nitrogens with zero attached hydrogens (tertiary/aromatic N) is 4. The van der Waals surface area contributed by atoms with Crippen molar-refractivity contribution in [3.63, 3.8) is 0 Å². The van der Waals surface area contributed by atoms with Crippen LogP contribution in [0.4, 0.5) is 0 Å². The van der Waals surface area contributed by atoms with Crippen LogP contribution in [0.25, 0.3) is 0 Å². The van der Waals surface area contributed by atoms with E-state index in [4.69, 9.17) is 4.42 Å². The zero-order valence-corrected chi connectivity index (χ0v) is 16.5. The van der Waals surface area contributed by atoms with Gasteiger partial charge in [-0.2, -0.15) is 0 Å². The standard InChI is InChI=1S/C22H28N4O2/c1-25-15-22(13-18(21(25)27)16-5-3-2-4-6-16)9-11-26(12-10-22)14-19-23-24-20(28-19)17-7-8-17/h2-6,17-18H,7-15H2,1H3/t18-/m1/s1. The maximum atomic E-state index is 12.8. The highest BCUT2D eigenvalue weighted by molar-refractivity contribution is 5.84. The lowest BCUT2D eigenvalue weighted by Gasteiger charge is -2.49. The van der Waals surface area contributed by atoms with Crippen LogP contribution < -0.4 is 0 Å². The van der Waals surface area contributed by atoms with Crippen LogP contribution >= 0.6 is 0 Å². The van der Waals surface area contributed by atoms with Crippen molar-refractivity contribution in [1.82, 2.24) is 20.0 Å². The molecule has 1 aromatic heterocycles. The first kappa shape index (κ1) is 17.9. The minimum absolute atomic E-state index is 0.0106. The maximum Gasteiger partial charge on any atom is 0.230 e. The Morgan fingerprint density at radius 2 is 1.89 bits per heavy atom. The molecule has 0 N–H and O–H groups in total. The van der Waals surface area contributed by atoms with Crippen molar-refractivity contribution in [2.75, 3.05) is 26.7 Å². The van der Waals surface area contributed by atoms with Gasteiger partial charge in [-0.15, -0.1) is 10.2 Å². The van der Waals surface area contributed by atoms with E-state index in [1.807, 2.05) is 30.1 Å². The third kappa shape index (κ3) is 3.46. The van der Waals surface area contributed by atoms with Crippen molar-refractivity contribution >= 4 is 5.91 Å². The summed E-state index contributed by atoms with van der Waals surface area (Å²) in [5.74, 6) is 2.33. The van der Waals surface area contributed by atoms with E-state index < -0.39 is 0 Å². The van der Waals surface area contributed by atoms with Gasteiger partial charge < -0.3 is 9.32 Å². The van der Waals surface area contributed by atoms with Gasteiger partial charge in [0.15, 0.2) is 0 Å². The summed E-state index contributed by atoms with van der Waals surface area (Å²) in [5, 5.41) is 8.44. The summed E-state index contributed by atoms with van der Waals surface area (Å²) in [5.41, 5.74) is 1.37. The van der Waals surface area contributed by atoms with Crippen LogP contribution in [0.2, 0.25) is 0 Å². The molecule has 2 saturated heterocycles. The van der Waals surface area contributed by atoms with E-state index in [0.29, 0.717) is 5.92 Å². The van der Waals surface area contributed by atoms with E-state index in [-0.39, 0.29) is 17.2 Å². The minimum Gasteiger partial charge on any atom is -0.424 e. The lowest BCUT2D eigenvalue weighted by Crippen LogP contribution is -2.52. The van der Waals surface area contributed by atoms with Gasteiger partial charge in [-0.1, -0.05) is 30.3 Å². The molecule has 6 heteroatoms. The molecule has 1 aliphatic carbocycles. The van der Waals surface area contributed by atoms with Gasteiger partial charge in [0.1, 0.15) is 0 Å². The van der Waals surface area contributed by atoms with E-state index in [2.05, 4.69) is 27.2 Å². The SMILES string of the molecule is CN1CC2(CCN(Cc3nnc(C4CC4)o3)CC2)C[C@H](c2ccccc2)C1=O. The first-order valence-electron chi connectivity index (χ1n) is 10.5. The molecule has 3 heterocycles. The van der Waals surface area contributed by atoms with Gasteiger partial charge in [-0.25, -0.2) is 0 Å². The molecule has 5 rings (SSSR count). The number of carbonyl (C=O) groups excluding carboxylic acids is 1. The second-order valence-electron chi connectivity index (χ2n) is 8.95. The largest absolute Gasteiger partial charge is 0.424 e. The summed E-state index contributed by atoms with van der Waals surface area (Å²) in [6.07, 6.45) is 5.54. The zero-order valence-electron chi connectivity index (χ0n) is 16.5. The van der Waals surface area contributed by atoms with Crippen molar-refractivity contribution in [1.29, 1.82) is 0 Å². The Labute approximate surface area is 165 Å². The minimum atomic E-state index is -0.0106. The third-order valence-corrected chi connectivity index (χ3v) is 6.77. The van der Waals surface area contributed by atoms with Crippen LogP contribution in [0.5, 0.6) is 0 Å². The molecule has 148 valence electrons. The molecule has 1 atom stereocenters. The van der Waals surface area contributed by atoms with Crippen molar-refractivity contribution in [2.45, 2.75) is 50.5 Å². The zero-order chi connectivity index (χ0) is 19.1. The molecule has 0 bridgehead atoms. The fraction of sp³-hybridized carbons (Fsp3) is 0.591. The number of rotatable bonds is 4. The summed E-state index contributed by atoms with van der Waals surface area (Å²) in [7, 11) is 1.96. The van der Waals surface area contributed by atoms with Crippen LogP contribution in [-0.2, 0) is 11.3 Å². The highest BCUT2D eigenvalue weighted by Crippen LogP contribution is 2.45. The summed E-state index contributed by atoms with van der Waals surface area (Å²) in [4.78, 5) is 17.2. The molecule has 0 radical (unpaired) electrons.